The first-order valence-corrected chi connectivity index (χ1v) is 8.57. The second-order valence-electron chi connectivity index (χ2n) is 6.68. The molecule has 6 nitrogen and oxygen atoms in total. The Morgan fingerprint density at radius 3 is 2.15 bits per heavy atom. The quantitative estimate of drug-likeness (QED) is 0.730. The lowest BCUT2D eigenvalue weighted by Gasteiger charge is -2.12. The maximum absolute atomic E-state index is 12.4. The Morgan fingerprint density at radius 2 is 1.50 bits per heavy atom. The Kier molecular flexibility index (Phi) is 4.08. The highest BCUT2D eigenvalue weighted by molar-refractivity contribution is 5.95. The third-order valence-electron chi connectivity index (χ3n) is 4.47. The van der Waals surface area contributed by atoms with Gasteiger partial charge in [-0.3, -0.25) is 10.1 Å². The van der Waals surface area contributed by atoms with Crippen molar-refractivity contribution in [2.24, 2.45) is 5.41 Å². The Hall–Kier alpha value is -3.28. The zero-order valence-corrected chi connectivity index (χ0v) is 14.4. The van der Waals surface area contributed by atoms with Crippen LogP contribution in [0.3, 0.4) is 0 Å². The second kappa shape index (κ2) is 6.55. The average Bonchev–Trinajstić information content (AvgIpc) is 3.42. The first-order chi connectivity index (χ1) is 12.6. The molecule has 2 aromatic carbocycles. The van der Waals surface area contributed by atoms with Crippen molar-refractivity contribution in [1.82, 2.24) is 15.0 Å². The van der Waals surface area contributed by atoms with Crippen molar-refractivity contribution in [3.8, 4) is 11.4 Å². The molecule has 2 N–H and O–H groups in total. The van der Waals surface area contributed by atoms with Crippen molar-refractivity contribution in [2.75, 3.05) is 10.6 Å². The van der Waals surface area contributed by atoms with Gasteiger partial charge < -0.3 is 5.32 Å². The van der Waals surface area contributed by atoms with Gasteiger partial charge in [0.1, 0.15) is 0 Å². The van der Waals surface area contributed by atoms with Crippen molar-refractivity contribution >= 4 is 23.5 Å². The predicted molar refractivity (Wildman–Crippen MR) is 101 cm³/mol. The van der Waals surface area contributed by atoms with Gasteiger partial charge in [-0.2, -0.15) is 15.0 Å². The Bertz CT molecular complexity index is 923. The molecule has 0 spiro atoms. The molecule has 1 aliphatic carbocycles. The van der Waals surface area contributed by atoms with E-state index in [9.17, 15) is 4.79 Å². The number of hydrogen-bond donors (Lipinski definition) is 2. The number of aromatic nitrogens is 3. The lowest BCUT2D eigenvalue weighted by molar-refractivity contribution is -0.120. The van der Waals surface area contributed by atoms with Gasteiger partial charge in [0.25, 0.3) is 0 Å². The predicted octanol–water partition coefficient (Wildman–Crippen LogP) is 4.02. The minimum Gasteiger partial charge on any atom is -0.324 e. The van der Waals surface area contributed by atoms with E-state index in [2.05, 4.69) is 25.6 Å². The van der Waals surface area contributed by atoms with Gasteiger partial charge in [0, 0.05) is 16.7 Å². The van der Waals surface area contributed by atoms with Crippen LogP contribution < -0.4 is 10.6 Å². The topological polar surface area (TPSA) is 79.8 Å². The molecule has 130 valence electrons. The minimum atomic E-state index is -0.299. The summed E-state index contributed by atoms with van der Waals surface area (Å²) in [6.45, 7) is 1.95. The van der Waals surface area contributed by atoms with Crippen LogP contribution in [0.1, 0.15) is 19.8 Å². The fraction of sp³-hybridized carbons (Fsp3) is 0.200. The van der Waals surface area contributed by atoms with Crippen molar-refractivity contribution < 1.29 is 4.79 Å². The molecular formula is C20H19N5O. The fourth-order valence-corrected chi connectivity index (χ4v) is 2.52. The average molecular weight is 345 g/mol. The lowest BCUT2D eigenvalue weighted by Crippen LogP contribution is -2.23. The van der Waals surface area contributed by atoms with Gasteiger partial charge in [-0.05, 0) is 25.0 Å². The normalized spacial score (nSPS) is 14.5. The van der Waals surface area contributed by atoms with Crippen LogP contribution in [-0.2, 0) is 4.79 Å². The number of hydrogen-bond acceptors (Lipinski definition) is 5. The van der Waals surface area contributed by atoms with E-state index in [-0.39, 0.29) is 17.3 Å². The molecule has 1 heterocycles. The van der Waals surface area contributed by atoms with Crippen LogP contribution in [0.2, 0.25) is 0 Å². The first-order valence-electron chi connectivity index (χ1n) is 8.57. The Labute approximate surface area is 151 Å². The number of carbonyl (C=O) groups is 1. The van der Waals surface area contributed by atoms with Gasteiger partial charge in [0.2, 0.25) is 17.8 Å². The molecule has 1 aromatic heterocycles. The van der Waals surface area contributed by atoms with Crippen molar-refractivity contribution in [2.45, 2.75) is 19.8 Å². The van der Waals surface area contributed by atoms with E-state index >= 15 is 0 Å². The van der Waals surface area contributed by atoms with Gasteiger partial charge in [0.05, 0.1) is 0 Å². The van der Waals surface area contributed by atoms with Gasteiger partial charge in [-0.15, -0.1) is 0 Å². The number of para-hydroxylation sites is 1. The zero-order valence-electron chi connectivity index (χ0n) is 14.4. The SMILES string of the molecule is CC1(C(=O)Nc2nc(Nc3ccccc3)nc(-c3ccccc3)n2)CC1. The molecule has 0 bridgehead atoms. The van der Waals surface area contributed by atoms with E-state index in [0.717, 1.165) is 24.1 Å². The molecule has 3 aromatic rings. The van der Waals surface area contributed by atoms with Gasteiger partial charge in [-0.1, -0.05) is 55.5 Å². The van der Waals surface area contributed by atoms with E-state index in [4.69, 9.17) is 0 Å². The van der Waals surface area contributed by atoms with Crippen LogP contribution in [0, 0.1) is 5.41 Å². The summed E-state index contributed by atoms with van der Waals surface area (Å²) in [5.41, 5.74) is 1.43. The van der Waals surface area contributed by atoms with E-state index in [1.54, 1.807) is 0 Å². The highest BCUT2D eigenvalue weighted by Crippen LogP contribution is 2.45. The molecule has 1 fully saturated rings. The summed E-state index contributed by atoms with van der Waals surface area (Å²) in [5, 5.41) is 6.01. The third-order valence-corrected chi connectivity index (χ3v) is 4.47. The molecule has 0 saturated heterocycles. The summed E-state index contributed by atoms with van der Waals surface area (Å²) in [6.07, 6.45) is 1.79. The van der Waals surface area contributed by atoms with Gasteiger partial charge in [0.15, 0.2) is 5.82 Å². The third kappa shape index (κ3) is 3.54. The van der Waals surface area contributed by atoms with Crippen LogP contribution in [0.15, 0.2) is 60.7 Å². The molecule has 0 radical (unpaired) electrons. The number of anilines is 3. The number of carbonyl (C=O) groups excluding carboxylic acids is 1. The second-order valence-corrected chi connectivity index (χ2v) is 6.68. The molecule has 1 saturated carbocycles. The molecule has 0 unspecified atom stereocenters. The number of benzene rings is 2. The summed E-state index contributed by atoms with van der Waals surface area (Å²) in [6, 6.07) is 19.3. The van der Waals surface area contributed by atoms with Crippen LogP contribution in [0.25, 0.3) is 11.4 Å². The van der Waals surface area contributed by atoms with Crippen LogP contribution in [0.4, 0.5) is 17.6 Å². The lowest BCUT2D eigenvalue weighted by atomic mass is 10.1. The van der Waals surface area contributed by atoms with E-state index < -0.39 is 0 Å². The van der Waals surface area contributed by atoms with Crippen LogP contribution in [0.5, 0.6) is 0 Å². The van der Waals surface area contributed by atoms with Crippen molar-refractivity contribution in [3.63, 3.8) is 0 Å². The molecule has 26 heavy (non-hydrogen) atoms. The van der Waals surface area contributed by atoms with E-state index in [1.165, 1.54) is 0 Å². The largest absolute Gasteiger partial charge is 0.324 e. The summed E-state index contributed by atoms with van der Waals surface area (Å²) in [4.78, 5) is 25.7. The summed E-state index contributed by atoms with van der Waals surface area (Å²) in [5.74, 6) is 1.11. The first kappa shape index (κ1) is 16.2. The standard InChI is InChI=1S/C20H19N5O/c1-20(12-13-20)17(26)24-19-23-16(14-8-4-2-5-9-14)22-18(25-19)21-15-10-6-3-7-11-15/h2-11H,12-13H2,1H3,(H2,21,22,23,24,25,26). The molecule has 6 heteroatoms. The number of rotatable bonds is 5. The summed E-state index contributed by atoms with van der Waals surface area (Å²) in [7, 11) is 0. The highest BCUT2D eigenvalue weighted by atomic mass is 16.2. The summed E-state index contributed by atoms with van der Waals surface area (Å²) >= 11 is 0. The number of nitrogens with zero attached hydrogens (tertiary/aromatic N) is 3. The van der Waals surface area contributed by atoms with Crippen LogP contribution in [-0.4, -0.2) is 20.9 Å². The maximum atomic E-state index is 12.4. The highest BCUT2D eigenvalue weighted by Gasteiger charge is 2.45. The van der Waals surface area contributed by atoms with E-state index in [1.807, 2.05) is 67.6 Å². The maximum Gasteiger partial charge on any atom is 0.234 e. The molecule has 1 amide bonds. The number of amides is 1. The van der Waals surface area contributed by atoms with Gasteiger partial charge >= 0.3 is 0 Å². The molecular weight excluding hydrogens is 326 g/mol. The van der Waals surface area contributed by atoms with Crippen molar-refractivity contribution in [1.29, 1.82) is 0 Å². The van der Waals surface area contributed by atoms with E-state index in [0.29, 0.717) is 11.8 Å². The zero-order chi connectivity index (χ0) is 18.0. The van der Waals surface area contributed by atoms with Crippen molar-refractivity contribution in [3.05, 3.63) is 60.7 Å². The molecule has 1 aliphatic rings. The monoisotopic (exact) mass is 345 g/mol. The minimum absolute atomic E-state index is 0.0478. The summed E-state index contributed by atoms with van der Waals surface area (Å²) < 4.78 is 0. The Balaban J connectivity index is 1.68. The fourth-order valence-electron chi connectivity index (χ4n) is 2.52. The molecule has 0 aliphatic heterocycles. The van der Waals surface area contributed by atoms with Gasteiger partial charge in [-0.25, -0.2) is 0 Å². The smallest absolute Gasteiger partial charge is 0.234 e. The molecule has 0 atom stereocenters. The number of nitrogens with one attached hydrogen (secondary N) is 2. The molecule has 4 rings (SSSR count). The van der Waals surface area contributed by atoms with Crippen LogP contribution >= 0.6 is 0 Å². The Morgan fingerprint density at radius 1 is 0.885 bits per heavy atom.